The van der Waals surface area contributed by atoms with Gasteiger partial charge in [0, 0.05) is 35.6 Å². The van der Waals surface area contributed by atoms with Crippen molar-refractivity contribution in [2.45, 2.75) is 25.8 Å². The highest BCUT2D eigenvalue weighted by atomic mass is 16.5. The summed E-state index contributed by atoms with van der Waals surface area (Å²) in [4.78, 5) is 2.28. The van der Waals surface area contributed by atoms with Crippen molar-refractivity contribution in [3.05, 3.63) is 29.8 Å². The van der Waals surface area contributed by atoms with Crippen LogP contribution in [0.2, 0.25) is 0 Å². The Hall–Kier alpha value is -2.76. The van der Waals surface area contributed by atoms with Gasteiger partial charge in [-0.25, -0.2) is 0 Å². The molecule has 1 atom stereocenters. The minimum absolute atomic E-state index is 0.304. The first-order chi connectivity index (χ1) is 13.1. The number of hydrogen-bond acceptors (Lipinski definition) is 6. The van der Waals surface area contributed by atoms with Crippen LogP contribution in [0.15, 0.2) is 24.3 Å². The van der Waals surface area contributed by atoms with Gasteiger partial charge in [-0.15, -0.1) is 0 Å². The smallest absolute Gasteiger partial charge is 0.203 e. The van der Waals surface area contributed by atoms with Crippen LogP contribution < -0.4 is 28.6 Å². The number of rotatable bonds is 6. The van der Waals surface area contributed by atoms with E-state index in [4.69, 9.17) is 23.7 Å². The predicted molar refractivity (Wildman–Crippen MR) is 106 cm³/mol. The molecule has 0 saturated carbocycles. The molecule has 1 heterocycles. The Morgan fingerprint density at radius 1 is 0.741 bits per heavy atom. The van der Waals surface area contributed by atoms with Crippen molar-refractivity contribution in [1.29, 1.82) is 0 Å². The Labute approximate surface area is 160 Å². The van der Waals surface area contributed by atoms with E-state index in [1.54, 1.807) is 35.5 Å². The second-order valence-electron chi connectivity index (χ2n) is 6.48. The van der Waals surface area contributed by atoms with E-state index in [9.17, 15) is 0 Å². The first-order valence-electron chi connectivity index (χ1n) is 8.92. The summed E-state index contributed by atoms with van der Waals surface area (Å²) in [5.41, 5.74) is 3.30. The van der Waals surface area contributed by atoms with Gasteiger partial charge < -0.3 is 28.6 Å². The molecule has 6 heteroatoms. The summed E-state index contributed by atoms with van der Waals surface area (Å²) in [6.07, 6.45) is 2.01. The average molecular weight is 373 g/mol. The molecule has 2 aromatic rings. The van der Waals surface area contributed by atoms with E-state index in [1.807, 2.05) is 18.2 Å². The van der Waals surface area contributed by atoms with Crippen molar-refractivity contribution in [2.75, 3.05) is 40.4 Å². The molecule has 1 aliphatic heterocycles. The van der Waals surface area contributed by atoms with Gasteiger partial charge in [0.2, 0.25) is 5.75 Å². The molecule has 1 unspecified atom stereocenters. The molecular formula is C21H27NO5. The Bertz CT molecular complexity index is 795. The van der Waals surface area contributed by atoms with Gasteiger partial charge in [-0.05, 0) is 31.4 Å². The van der Waals surface area contributed by atoms with Gasteiger partial charge >= 0.3 is 0 Å². The molecule has 6 nitrogen and oxygen atoms in total. The fourth-order valence-corrected chi connectivity index (χ4v) is 3.67. The standard InChI is InChI=1S/C21H27NO5/c1-13-7-8-14-9-17(23-2)18(24-3)12-16(14)22(13)15-10-19(25-4)21(27-6)20(11-15)26-5/h9-13H,7-8H2,1-6H3. The van der Waals surface area contributed by atoms with E-state index in [0.29, 0.717) is 29.0 Å². The molecule has 146 valence electrons. The van der Waals surface area contributed by atoms with Gasteiger partial charge in [-0.3, -0.25) is 0 Å². The molecule has 0 fully saturated rings. The highest BCUT2D eigenvalue weighted by Crippen LogP contribution is 2.47. The van der Waals surface area contributed by atoms with Crippen LogP contribution >= 0.6 is 0 Å². The van der Waals surface area contributed by atoms with Gasteiger partial charge in [0.25, 0.3) is 0 Å². The molecule has 3 rings (SSSR count). The van der Waals surface area contributed by atoms with E-state index in [1.165, 1.54) is 5.56 Å². The first kappa shape index (κ1) is 19.0. The fourth-order valence-electron chi connectivity index (χ4n) is 3.67. The van der Waals surface area contributed by atoms with Gasteiger partial charge in [0.05, 0.1) is 35.5 Å². The van der Waals surface area contributed by atoms with E-state index in [0.717, 1.165) is 30.0 Å². The summed E-state index contributed by atoms with van der Waals surface area (Å²) in [5, 5.41) is 0. The lowest BCUT2D eigenvalue weighted by atomic mass is 9.95. The lowest BCUT2D eigenvalue weighted by molar-refractivity contribution is 0.324. The molecule has 0 spiro atoms. The van der Waals surface area contributed by atoms with Crippen molar-refractivity contribution in [3.63, 3.8) is 0 Å². The largest absolute Gasteiger partial charge is 0.493 e. The first-order valence-corrected chi connectivity index (χ1v) is 8.92. The summed E-state index contributed by atoms with van der Waals surface area (Å²) < 4.78 is 27.5. The lowest BCUT2D eigenvalue weighted by Crippen LogP contribution is -2.33. The summed E-state index contributed by atoms with van der Waals surface area (Å²) in [7, 11) is 8.17. The molecule has 1 aliphatic rings. The van der Waals surface area contributed by atoms with Crippen molar-refractivity contribution in [3.8, 4) is 28.7 Å². The molecule has 0 saturated heterocycles. The number of ether oxygens (including phenoxy) is 5. The molecular weight excluding hydrogens is 346 g/mol. The predicted octanol–water partition coefficient (Wildman–Crippen LogP) is 4.20. The van der Waals surface area contributed by atoms with Crippen LogP contribution in [-0.4, -0.2) is 41.6 Å². The number of nitrogens with zero attached hydrogens (tertiary/aromatic N) is 1. The molecule has 2 aromatic carbocycles. The van der Waals surface area contributed by atoms with Crippen molar-refractivity contribution in [2.24, 2.45) is 0 Å². The van der Waals surface area contributed by atoms with Crippen LogP contribution in [0.1, 0.15) is 18.9 Å². The summed E-state index contributed by atoms with van der Waals surface area (Å²) >= 11 is 0. The van der Waals surface area contributed by atoms with E-state index >= 15 is 0 Å². The van der Waals surface area contributed by atoms with E-state index in [2.05, 4.69) is 17.9 Å². The Balaban J connectivity index is 2.18. The van der Waals surface area contributed by atoms with Crippen LogP contribution in [0.5, 0.6) is 28.7 Å². The van der Waals surface area contributed by atoms with Crippen molar-refractivity contribution in [1.82, 2.24) is 0 Å². The minimum Gasteiger partial charge on any atom is -0.493 e. The molecule has 0 radical (unpaired) electrons. The maximum atomic E-state index is 5.54. The molecule has 0 aromatic heterocycles. The normalized spacial score (nSPS) is 15.8. The summed E-state index contributed by atoms with van der Waals surface area (Å²) in [6, 6.07) is 8.35. The van der Waals surface area contributed by atoms with E-state index < -0.39 is 0 Å². The zero-order chi connectivity index (χ0) is 19.6. The number of hydrogen-bond donors (Lipinski definition) is 0. The summed E-state index contributed by atoms with van der Waals surface area (Å²) in [5.74, 6) is 3.30. The van der Waals surface area contributed by atoms with Crippen molar-refractivity contribution < 1.29 is 23.7 Å². The molecule has 0 N–H and O–H groups in total. The Morgan fingerprint density at radius 3 is 1.81 bits per heavy atom. The maximum Gasteiger partial charge on any atom is 0.203 e. The van der Waals surface area contributed by atoms with Crippen LogP contribution in [0.3, 0.4) is 0 Å². The Morgan fingerprint density at radius 2 is 1.30 bits per heavy atom. The van der Waals surface area contributed by atoms with Gasteiger partial charge in [-0.1, -0.05) is 0 Å². The lowest BCUT2D eigenvalue weighted by Gasteiger charge is -2.38. The molecule has 0 aliphatic carbocycles. The van der Waals surface area contributed by atoms with Crippen LogP contribution in [-0.2, 0) is 6.42 Å². The van der Waals surface area contributed by atoms with Gasteiger partial charge in [0.15, 0.2) is 23.0 Å². The SMILES string of the molecule is COc1cc2c(cc1OC)N(c1cc(OC)c(OC)c(OC)c1)C(C)CC2. The fraction of sp³-hybridized carbons (Fsp3) is 0.429. The molecule has 0 bridgehead atoms. The number of aryl methyl sites for hydroxylation is 1. The second-order valence-corrected chi connectivity index (χ2v) is 6.48. The third-order valence-electron chi connectivity index (χ3n) is 5.04. The van der Waals surface area contributed by atoms with E-state index in [-0.39, 0.29) is 0 Å². The average Bonchev–Trinajstić information content (AvgIpc) is 2.71. The Kier molecular flexibility index (Phi) is 5.54. The van der Waals surface area contributed by atoms with Crippen LogP contribution in [0.25, 0.3) is 0 Å². The topological polar surface area (TPSA) is 49.4 Å². The monoisotopic (exact) mass is 373 g/mol. The van der Waals surface area contributed by atoms with Crippen molar-refractivity contribution >= 4 is 11.4 Å². The highest BCUT2D eigenvalue weighted by molar-refractivity contribution is 5.75. The second kappa shape index (κ2) is 7.86. The quantitative estimate of drug-likeness (QED) is 0.756. The van der Waals surface area contributed by atoms with Gasteiger partial charge in [0.1, 0.15) is 0 Å². The number of benzene rings is 2. The third kappa shape index (κ3) is 3.31. The third-order valence-corrected chi connectivity index (χ3v) is 5.04. The number of anilines is 2. The molecule has 27 heavy (non-hydrogen) atoms. The van der Waals surface area contributed by atoms with Crippen LogP contribution in [0, 0.1) is 0 Å². The minimum atomic E-state index is 0.304. The van der Waals surface area contributed by atoms with Crippen LogP contribution in [0.4, 0.5) is 11.4 Å². The maximum absolute atomic E-state index is 5.54. The number of fused-ring (bicyclic) bond motifs is 1. The summed E-state index contributed by atoms with van der Waals surface area (Å²) in [6.45, 7) is 2.21. The highest BCUT2D eigenvalue weighted by Gasteiger charge is 2.28. The van der Waals surface area contributed by atoms with Gasteiger partial charge in [-0.2, -0.15) is 0 Å². The number of methoxy groups -OCH3 is 5. The zero-order valence-electron chi connectivity index (χ0n) is 16.8. The molecule has 0 amide bonds. The zero-order valence-corrected chi connectivity index (χ0v) is 16.8.